The Hall–Kier alpha value is -1.34. The molecule has 0 saturated heterocycles. The number of aryl methyl sites for hydroxylation is 1. The Morgan fingerprint density at radius 3 is 2.31 bits per heavy atom. The highest BCUT2D eigenvalue weighted by molar-refractivity contribution is 5.13. The molecule has 2 heteroatoms. The molecule has 0 radical (unpaired) electrons. The van der Waals surface area contributed by atoms with E-state index in [1.54, 1.807) is 0 Å². The van der Waals surface area contributed by atoms with Crippen molar-refractivity contribution in [1.82, 2.24) is 0 Å². The molecule has 0 atom stereocenters. The van der Waals surface area contributed by atoms with E-state index < -0.39 is 0 Å². The summed E-state index contributed by atoms with van der Waals surface area (Å²) in [6, 6.07) is 16.9. The van der Waals surface area contributed by atoms with Crippen molar-refractivity contribution in [2.24, 2.45) is 0 Å². The minimum atomic E-state index is 0. The molecule has 1 nitrogen and oxygen atoms in total. The van der Waals surface area contributed by atoms with Crippen LogP contribution in [0, 0.1) is 0 Å². The Bertz CT molecular complexity index is 426. The van der Waals surface area contributed by atoms with Crippen LogP contribution >= 0.6 is 0 Å². The van der Waals surface area contributed by atoms with E-state index in [9.17, 15) is 0 Å². The Labute approximate surface area is 103 Å². The number of pyridine rings is 1. The highest BCUT2D eigenvalue weighted by Gasteiger charge is 2.07. The lowest BCUT2D eigenvalue weighted by atomic mass is 10.2. The highest BCUT2D eigenvalue weighted by atomic mass is 35.5. The number of halogens is 1. The molecule has 0 N–H and O–H groups in total. The Morgan fingerprint density at radius 2 is 1.62 bits per heavy atom. The third kappa shape index (κ3) is 3.07. The molecule has 0 aliphatic carbocycles. The minimum Gasteiger partial charge on any atom is -1.00 e. The first-order valence-corrected chi connectivity index (χ1v) is 5.41. The SMILES string of the molecule is CCc1cccc[n+]1Cc1ccccc1.[Cl-]. The van der Waals surface area contributed by atoms with Crippen molar-refractivity contribution in [2.75, 3.05) is 0 Å². The highest BCUT2D eigenvalue weighted by Crippen LogP contribution is 1.99. The van der Waals surface area contributed by atoms with Gasteiger partial charge in [0.15, 0.2) is 18.4 Å². The van der Waals surface area contributed by atoms with Gasteiger partial charge in [-0.1, -0.05) is 43.3 Å². The zero-order valence-electron chi connectivity index (χ0n) is 9.44. The maximum atomic E-state index is 2.30. The predicted molar refractivity (Wildman–Crippen MR) is 61.6 cm³/mol. The van der Waals surface area contributed by atoms with Crippen molar-refractivity contribution in [3.63, 3.8) is 0 Å². The Balaban J connectivity index is 0.00000128. The molecule has 16 heavy (non-hydrogen) atoms. The first-order valence-electron chi connectivity index (χ1n) is 5.41. The van der Waals surface area contributed by atoms with Crippen molar-refractivity contribution >= 4 is 0 Å². The average molecular weight is 234 g/mol. The fraction of sp³-hybridized carbons (Fsp3) is 0.214. The molecule has 0 fully saturated rings. The second-order valence-electron chi connectivity index (χ2n) is 3.66. The van der Waals surface area contributed by atoms with Crippen LogP contribution < -0.4 is 17.0 Å². The molecule has 1 aromatic heterocycles. The van der Waals surface area contributed by atoms with E-state index in [1.165, 1.54) is 11.3 Å². The predicted octanol–water partition coefficient (Wildman–Crippen LogP) is -0.411. The fourth-order valence-corrected chi connectivity index (χ4v) is 1.77. The van der Waals surface area contributed by atoms with Crippen LogP contribution in [0.25, 0.3) is 0 Å². The molecular formula is C14H16ClN. The van der Waals surface area contributed by atoms with E-state index in [0.29, 0.717) is 0 Å². The fourth-order valence-electron chi connectivity index (χ4n) is 1.77. The standard InChI is InChI=1S/C14H16N.ClH/c1-2-14-10-6-7-11-15(14)12-13-8-4-3-5-9-13;/h3-11H,2,12H2,1H3;1H/q+1;/p-1. The summed E-state index contributed by atoms with van der Waals surface area (Å²) in [5.74, 6) is 0. The molecule has 84 valence electrons. The zero-order valence-corrected chi connectivity index (χ0v) is 10.2. The van der Waals surface area contributed by atoms with Crippen molar-refractivity contribution in [3.8, 4) is 0 Å². The maximum Gasteiger partial charge on any atom is 0.181 e. The summed E-state index contributed by atoms with van der Waals surface area (Å²) >= 11 is 0. The van der Waals surface area contributed by atoms with Crippen molar-refractivity contribution in [2.45, 2.75) is 19.9 Å². The molecule has 0 bridgehead atoms. The molecule has 2 aromatic rings. The van der Waals surface area contributed by atoms with Crippen LogP contribution in [0.15, 0.2) is 54.7 Å². The molecule has 0 aliphatic rings. The molecule has 0 amide bonds. The molecule has 0 saturated carbocycles. The van der Waals surface area contributed by atoms with Gasteiger partial charge in [0.2, 0.25) is 0 Å². The second kappa shape index (κ2) is 6.29. The van der Waals surface area contributed by atoms with E-state index in [-0.39, 0.29) is 12.4 Å². The van der Waals surface area contributed by atoms with Gasteiger partial charge in [0, 0.05) is 24.1 Å². The van der Waals surface area contributed by atoms with E-state index in [0.717, 1.165) is 13.0 Å². The van der Waals surface area contributed by atoms with Crippen molar-refractivity contribution in [3.05, 3.63) is 66.0 Å². The second-order valence-corrected chi connectivity index (χ2v) is 3.66. The van der Waals surface area contributed by atoms with Crippen LogP contribution in [0.2, 0.25) is 0 Å². The van der Waals surface area contributed by atoms with Gasteiger partial charge in [-0.25, -0.2) is 0 Å². The normalized spacial score (nSPS) is 9.56. The number of aromatic nitrogens is 1. The largest absolute Gasteiger partial charge is 1.00 e. The summed E-state index contributed by atoms with van der Waals surface area (Å²) < 4.78 is 2.30. The third-order valence-corrected chi connectivity index (χ3v) is 2.59. The van der Waals surface area contributed by atoms with E-state index in [1.807, 2.05) is 0 Å². The topological polar surface area (TPSA) is 3.88 Å². The van der Waals surface area contributed by atoms with E-state index >= 15 is 0 Å². The minimum absolute atomic E-state index is 0. The van der Waals surface area contributed by atoms with Crippen LogP contribution in [0.5, 0.6) is 0 Å². The van der Waals surface area contributed by atoms with Gasteiger partial charge >= 0.3 is 0 Å². The number of hydrogen-bond donors (Lipinski definition) is 0. The van der Waals surface area contributed by atoms with Gasteiger partial charge < -0.3 is 12.4 Å². The summed E-state index contributed by atoms with van der Waals surface area (Å²) in [6.45, 7) is 3.15. The quantitative estimate of drug-likeness (QED) is 0.635. The van der Waals surface area contributed by atoms with Gasteiger partial charge in [0.25, 0.3) is 0 Å². The number of hydrogen-bond acceptors (Lipinski definition) is 0. The Morgan fingerprint density at radius 1 is 0.938 bits per heavy atom. The molecule has 0 aliphatic heterocycles. The van der Waals surface area contributed by atoms with Crippen LogP contribution in [0.3, 0.4) is 0 Å². The van der Waals surface area contributed by atoms with E-state index in [2.05, 4.69) is 66.2 Å². The van der Waals surface area contributed by atoms with Gasteiger partial charge in [-0.05, 0) is 0 Å². The van der Waals surface area contributed by atoms with Gasteiger partial charge in [-0.3, -0.25) is 0 Å². The smallest absolute Gasteiger partial charge is 0.181 e. The van der Waals surface area contributed by atoms with Crippen LogP contribution in [-0.4, -0.2) is 0 Å². The van der Waals surface area contributed by atoms with Gasteiger partial charge in [-0.2, -0.15) is 4.57 Å². The maximum absolute atomic E-state index is 2.30. The summed E-state index contributed by atoms with van der Waals surface area (Å²) in [4.78, 5) is 0. The summed E-state index contributed by atoms with van der Waals surface area (Å²) in [7, 11) is 0. The van der Waals surface area contributed by atoms with Gasteiger partial charge in [0.1, 0.15) is 0 Å². The molecule has 2 rings (SSSR count). The lowest BCUT2D eigenvalue weighted by Gasteiger charge is -2.01. The van der Waals surface area contributed by atoms with Crippen molar-refractivity contribution in [1.29, 1.82) is 0 Å². The molecule has 1 aromatic carbocycles. The number of benzene rings is 1. The van der Waals surface area contributed by atoms with Crippen LogP contribution in [-0.2, 0) is 13.0 Å². The number of rotatable bonds is 3. The zero-order chi connectivity index (χ0) is 10.5. The average Bonchev–Trinajstić information content (AvgIpc) is 2.31. The summed E-state index contributed by atoms with van der Waals surface area (Å²) in [6.07, 6.45) is 3.22. The number of nitrogens with zero attached hydrogens (tertiary/aromatic N) is 1. The molecular weight excluding hydrogens is 218 g/mol. The lowest BCUT2D eigenvalue weighted by molar-refractivity contribution is -0.695. The first-order chi connectivity index (χ1) is 7.40. The molecule has 0 spiro atoms. The lowest BCUT2D eigenvalue weighted by Crippen LogP contribution is -3.00. The molecule has 0 unspecified atom stereocenters. The molecule has 1 heterocycles. The Kier molecular flexibility index (Phi) is 5.00. The summed E-state index contributed by atoms with van der Waals surface area (Å²) in [5, 5.41) is 0. The van der Waals surface area contributed by atoms with Crippen molar-refractivity contribution < 1.29 is 17.0 Å². The van der Waals surface area contributed by atoms with Crippen LogP contribution in [0.1, 0.15) is 18.2 Å². The third-order valence-electron chi connectivity index (χ3n) is 2.59. The first kappa shape index (κ1) is 12.7. The summed E-state index contributed by atoms with van der Waals surface area (Å²) in [5.41, 5.74) is 2.73. The van der Waals surface area contributed by atoms with Gasteiger partial charge in [-0.15, -0.1) is 0 Å². The van der Waals surface area contributed by atoms with Crippen LogP contribution in [0.4, 0.5) is 0 Å². The van der Waals surface area contributed by atoms with Gasteiger partial charge in [0.05, 0.1) is 0 Å². The monoisotopic (exact) mass is 233 g/mol. The van der Waals surface area contributed by atoms with E-state index in [4.69, 9.17) is 0 Å².